The van der Waals surface area contributed by atoms with Crippen LogP contribution < -0.4 is 53.2 Å². The predicted octanol–water partition coefficient (Wildman–Crippen LogP) is -3.38. The summed E-state index contributed by atoms with van der Waals surface area (Å²) in [5.41, 5.74) is 0. The van der Waals surface area contributed by atoms with Gasteiger partial charge in [0.2, 0.25) is 70.9 Å². The van der Waals surface area contributed by atoms with Crippen LogP contribution in [-0.2, 0) is 71.9 Å². The molecule has 3 aliphatic rings. The Labute approximate surface area is 504 Å². The molecule has 14 N–H and O–H groups in total. The summed E-state index contributed by atoms with van der Waals surface area (Å²) < 4.78 is 0. The van der Waals surface area contributed by atoms with E-state index >= 15 is 0 Å². The molecule has 484 valence electrons. The summed E-state index contributed by atoms with van der Waals surface area (Å²) >= 11 is 0. The molecule has 3 heterocycles. The van der Waals surface area contributed by atoms with Gasteiger partial charge in [-0.25, -0.2) is 0 Å². The van der Waals surface area contributed by atoms with Crippen molar-refractivity contribution in [1.82, 2.24) is 63.0 Å². The summed E-state index contributed by atoms with van der Waals surface area (Å²) in [4.78, 5) is 201. The van der Waals surface area contributed by atoms with Gasteiger partial charge in [-0.3, -0.25) is 71.9 Å². The van der Waals surface area contributed by atoms with Crippen molar-refractivity contribution in [1.29, 1.82) is 0 Å². The summed E-state index contributed by atoms with van der Waals surface area (Å²) in [6.45, 7) is 9.08. The molecule has 31 heteroatoms. The fraction of sp³-hybridized carbons (Fsp3) is 0.679. The van der Waals surface area contributed by atoms with Crippen LogP contribution >= 0.6 is 0 Å². The molecule has 3 rings (SSSR count). The maximum Gasteiger partial charge on any atom is 0.305 e. The monoisotopic (exact) mass is 1230 g/mol. The number of carbonyl (C=O) groups is 15. The van der Waals surface area contributed by atoms with Crippen LogP contribution in [0, 0.1) is 18.8 Å². The summed E-state index contributed by atoms with van der Waals surface area (Å²) in [6, 6.07) is -13.6. The van der Waals surface area contributed by atoms with Crippen molar-refractivity contribution in [3.63, 3.8) is 0 Å². The van der Waals surface area contributed by atoms with E-state index in [0.29, 0.717) is 25.2 Å². The number of carboxylic acid groups (broad SMARTS) is 3. The number of nitrogens with one attached hydrogen (secondary N) is 10. The number of carboxylic acids is 3. The van der Waals surface area contributed by atoms with Crippen LogP contribution in [0.15, 0.2) is 12.2 Å². The van der Waals surface area contributed by atoms with Crippen LogP contribution in [-0.4, -0.2) is 213 Å². The molecule has 0 bridgehead atoms. The summed E-state index contributed by atoms with van der Waals surface area (Å²) in [5, 5.41) is 61.9. The third-order valence-corrected chi connectivity index (χ3v) is 14.5. The summed E-state index contributed by atoms with van der Waals surface area (Å²) in [7, 11) is 0. The van der Waals surface area contributed by atoms with Crippen molar-refractivity contribution in [3.8, 4) is 0 Å². The van der Waals surface area contributed by atoms with Gasteiger partial charge in [0.15, 0.2) is 0 Å². The molecule has 3 fully saturated rings. The topological polar surface area (TPSA) is 464 Å². The molecular weight excluding hydrogens is 1140 g/mol. The molecule has 3 saturated heterocycles. The average molecular weight is 1230 g/mol. The Bertz CT molecular complexity index is 2510. The highest BCUT2D eigenvalue weighted by atomic mass is 16.4. The fourth-order valence-electron chi connectivity index (χ4n) is 9.85. The standard InChI is InChI=1S/C56H86N12O19/c1-31(2)18-13-11-9-7-6-8-10-12-14-21-40(70)61-36(26-46(78)79)51(82)64-37-27-57-52(83)39-20-17-23-68(39)56(87)47(32(3)4)66-54(85)48(33(5)69)65-43(73)30-59-50(81)35(25-45(76)77)62-41(71)28-58-49(80)34(24-44(74)75)63-42(72)29-60-53(84)38-19-15-16-22-67(38)55(37)86/h3,14,21,31-39,47-48,69H,6-13,15-20,22-30H2,1-2,4-5H3,(H,57,83)(H,58,80)(H,59,81)(H,60,84)(H,61,70)(H,62,71)(H,63,72)(H,64,82)(H,65,73)(H,66,85)(H,74,75)(H,76,77)(H,78,79)/b21-14+. The van der Waals surface area contributed by atoms with E-state index in [9.17, 15) is 92.3 Å². The minimum atomic E-state index is -1.90. The molecule has 0 saturated carbocycles. The molecule has 87 heavy (non-hydrogen) atoms. The Balaban J connectivity index is 2.00. The van der Waals surface area contributed by atoms with E-state index in [1.54, 1.807) is 6.08 Å². The summed E-state index contributed by atoms with van der Waals surface area (Å²) in [6.07, 6.45) is 7.74. The maximum absolute atomic E-state index is 14.8. The number of rotatable bonds is 22. The number of amides is 12. The van der Waals surface area contributed by atoms with E-state index in [4.69, 9.17) is 6.92 Å². The molecule has 10 unspecified atom stereocenters. The van der Waals surface area contributed by atoms with Crippen molar-refractivity contribution in [2.75, 3.05) is 39.3 Å². The first-order chi connectivity index (χ1) is 41.1. The van der Waals surface area contributed by atoms with Crippen molar-refractivity contribution in [2.45, 2.75) is 191 Å². The van der Waals surface area contributed by atoms with Gasteiger partial charge in [0, 0.05) is 19.6 Å². The van der Waals surface area contributed by atoms with Crippen LogP contribution in [0.2, 0.25) is 0 Å². The minimum Gasteiger partial charge on any atom is -0.481 e. The molecular formula is C56H86N12O19. The number of nitrogens with zero attached hydrogens (tertiary/aromatic N) is 2. The lowest BCUT2D eigenvalue weighted by molar-refractivity contribution is -0.146. The molecule has 0 aromatic carbocycles. The second-order valence-corrected chi connectivity index (χ2v) is 22.3. The Morgan fingerprint density at radius 2 is 1.08 bits per heavy atom. The van der Waals surface area contributed by atoms with E-state index in [-0.39, 0.29) is 32.4 Å². The summed E-state index contributed by atoms with van der Waals surface area (Å²) in [5.74, 6) is -18.2. The molecule has 10 atom stereocenters. The van der Waals surface area contributed by atoms with Crippen molar-refractivity contribution < 1.29 is 92.3 Å². The van der Waals surface area contributed by atoms with Crippen molar-refractivity contribution in [3.05, 3.63) is 19.1 Å². The van der Waals surface area contributed by atoms with E-state index in [1.165, 1.54) is 19.8 Å². The van der Waals surface area contributed by atoms with Gasteiger partial charge >= 0.3 is 17.9 Å². The van der Waals surface area contributed by atoms with Crippen LogP contribution in [0.3, 0.4) is 0 Å². The average Bonchev–Trinajstić information content (AvgIpc) is 2.69. The number of aliphatic hydroxyl groups excluding tert-OH is 1. The second kappa shape index (κ2) is 37.3. The number of hydrogen-bond donors (Lipinski definition) is 14. The molecule has 3 aliphatic heterocycles. The molecule has 31 nitrogen and oxygen atoms in total. The Hall–Kier alpha value is -8.25. The van der Waals surface area contributed by atoms with E-state index in [0.717, 1.165) is 61.3 Å². The maximum atomic E-state index is 14.8. The van der Waals surface area contributed by atoms with Gasteiger partial charge in [0.05, 0.1) is 45.0 Å². The predicted molar refractivity (Wildman–Crippen MR) is 305 cm³/mol. The van der Waals surface area contributed by atoms with Gasteiger partial charge in [-0.05, 0) is 76.7 Å². The number of hydrogen-bond acceptors (Lipinski definition) is 16. The van der Waals surface area contributed by atoms with Crippen LogP contribution in [0.1, 0.15) is 137 Å². The highest BCUT2D eigenvalue weighted by Gasteiger charge is 2.42. The minimum absolute atomic E-state index is 0.0136. The number of aliphatic hydroxyl groups is 1. The third kappa shape index (κ3) is 26.1. The molecule has 0 spiro atoms. The number of allylic oxidation sites excluding steroid dienone is 1. The highest BCUT2D eigenvalue weighted by molar-refractivity contribution is 6.00. The van der Waals surface area contributed by atoms with Crippen molar-refractivity contribution >= 4 is 88.8 Å². The lowest BCUT2D eigenvalue weighted by Crippen LogP contribution is -2.63. The largest absolute Gasteiger partial charge is 0.481 e. The number of aliphatic carboxylic acids is 3. The van der Waals surface area contributed by atoms with Crippen molar-refractivity contribution in [2.24, 2.45) is 11.8 Å². The first-order valence-corrected chi connectivity index (χ1v) is 29.4. The number of carbonyl (C=O) groups excluding carboxylic acids is 12. The lowest BCUT2D eigenvalue weighted by atomic mass is 9.99. The van der Waals surface area contributed by atoms with Crippen LogP contribution in [0.4, 0.5) is 0 Å². The van der Waals surface area contributed by atoms with Gasteiger partial charge in [-0.2, -0.15) is 0 Å². The number of unbranched alkanes of at least 4 members (excludes halogenated alkanes) is 7. The van der Waals surface area contributed by atoms with Gasteiger partial charge in [-0.15, -0.1) is 0 Å². The fourth-order valence-corrected chi connectivity index (χ4v) is 9.85. The molecule has 2 radical (unpaired) electrons. The van der Waals surface area contributed by atoms with Crippen LogP contribution in [0.5, 0.6) is 0 Å². The number of piperidine rings is 1. The van der Waals surface area contributed by atoms with Crippen LogP contribution in [0.25, 0.3) is 0 Å². The lowest BCUT2D eigenvalue weighted by Gasteiger charge is -2.37. The molecule has 0 aromatic heterocycles. The smallest absolute Gasteiger partial charge is 0.305 e. The zero-order chi connectivity index (χ0) is 64.9. The van der Waals surface area contributed by atoms with Gasteiger partial charge in [-0.1, -0.05) is 71.8 Å². The Kier molecular flexibility index (Phi) is 31.3. The van der Waals surface area contributed by atoms with E-state index < -0.39 is 195 Å². The zero-order valence-electron chi connectivity index (χ0n) is 49.7. The SMILES string of the molecule is [CH]C(C)C1NC(=O)C(C(C)O)NC(=O)CNC(=O)C(CC(=O)O)NC(=O)CNC(=O)C(CC(=O)O)NC(=O)CNC(=O)C2CCCCN2C(=O)C(NC(=O)C(CC(=O)O)NC(=O)/C=C/CCCCCCCCCC(C)C)CNC(=O)C2CCCN2C1=O. The molecule has 0 aromatic rings. The highest BCUT2D eigenvalue weighted by Crippen LogP contribution is 2.22. The normalized spacial score (nSPS) is 23.9. The van der Waals surface area contributed by atoms with Gasteiger partial charge < -0.3 is 83.4 Å². The Morgan fingerprint density at radius 3 is 1.61 bits per heavy atom. The third-order valence-electron chi connectivity index (χ3n) is 14.5. The number of fused-ring (bicyclic) bond motifs is 2. The van der Waals surface area contributed by atoms with Gasteiger partial charge in [0.25, 0.3) is 0 Å². The van der Waals surface area contributed by atoms with E-state index in [1.807, 2.05) is 10.6 Å². The van der Waals surface area contributed by atoms with Gasteiger partial charge in [0.1, 0.15) is 48.3 Å². The Morgan fingerprint density at radius 1 is 0.586 bits per heavy atom. The quantitative estimate of drug-likeness (QED) is 0.0371. The zero-order valence-corrected chi connectivity index (χ0v) is 49.7. The molecule has 12 amide bonds. The molecule has 0 aliphatic carbocycles. The first-order valence-electron chi connectivity index (χ1n) is 29.4. The first kappa shape index (κ1) is 73.0. The second-order valence-electron chi connectivity index (χ2n) is 22.3. The van der Waals surface area contributed by atoms with E-state index in [2.05, 4.69) is 56.4 Å².